The lowest BCUT2D eigenvalue weighted by atomic mass is 10.0. The predicted molar refractivity (Wildman–Crippen MR) is 110 cm³/mol. The van der Waals surface area contributed by atoms with Gasteiger partial charge in [0.1, 0.15) is 18.9 Å². The van der Waals surface area contributed by atoms with E-state index in [1.807, 2.05) is 18.2 Å². The predicted octanol–water partition coefficient (Wildman–Crippen LogP) is 2.31. The molecule has 0 saturated carbocycles. The van der Waals surface area contributed by atoms with Crippen LogP contribution < -0.4 is 34.4 Å². The van der Waals surface area contributed by atoms with Gasteiger partial charge in [0.25, 0.3) is 5.91 Å². The third-order valence-electron chi connectivity index (χ3n) is 4.63. The Morgan fingerprint density at radius 2 is 1.70 bits per heavy atom. The Morgan fingerprint density at radius 1 is 1.00 bits per heavy atom. The van der Waals surface area contributed by atoms with E-state index in [9.17, 15) is 4.79 Å². The second kappa shape index (κ2) is 8.24. The Balaban J connectivity index is 1.64. The van der Waals surface area contributed by atoms with E-state index >= 15 is 0 Å². The molecule has 2 aliphatic heterocycles. The van der Waals surface area contributed by atoms with Crippen molar-refractivity contribution in [1.82, 2.24) is 5.43 Å². The van der Waals surface area contributed by atoms with Crippen molar-refractivity contribution < 1.29 is 28.5 Å². The summed E-state index contributed by atoms with van der Waals surface area (Å²) in [6, 6.07) is 8.94. The maximum Gasteiger partial charge on any atom is 0.275 e. The molecule has 0 fully saturated rings. The van der Waals surface area contributed by atoms with E-state index in [1.165, 1.54) is 21.3 Å². The van der Waals surface area contributed by atoms with Crippen LogP contribution in [0.25, 0.3) is 0 Å². The number of ether oxygens (including phenoxy) is 5. The first kappa shape index (κ1) is 19.4. The number of rotatable bonds is 6. The van der Waals surface area contributed by atoms with Gasteiger partial charge in [-0.05, 0) is 24.3 Å². The summed E-state index contributed by atoms with van der Waals surface area (Å²) in [5.41, 5.74) is 4.68. The van der Waals surface area contributed by atoms with Crippen molar-refractivity contribution >= 4 is 17.3 Å². The van der Waals surface area contributed by atoms with E-state index in [-0.39, 0.29) is 5.91 Å². The molecule has 9 nitrogen and oxygen atoms in total. The topological polar surface area (TPSA) is 99.6 Å². The average Bonchev–Trinajstić information content (AvgIpc) is 3.16. The molecule has 2 aliphatic rings. The zero-order valence-electron chi connectivity index (χ0n) is 16.8. The number of amides is 1. The van der Waals surface area contributed by atoms with Gasteiger partial charge in [-0.25, -0.2) is 5.43 Å². The van der Waals surface area contributed by atoms with Crippen LogP contribution in [0.5, 0.6) is 28.7 Å². The Morgan fingerprint density at radius 3 is 2.37 bits per heavy atom. The van der Waals surface area contributed by atoms with Gasteiger partial charge in [0.05, 0.1) is 26.9 Å². The first-order valence-corrected chi connectivity index (χ1v) is 9.19. The number of carbonyl (C=O) groups is 1. The molecule has 0 unspecified atom stereocenters. The van der Waals surface area contributed by atoms with Crippen LogP contribution in [0.1, 0.15) is 5.56 Å². The van der Waals surface area contributed by atoms with Crippen molar-refractivity contribution in [2.45, 2.75) is 0 Å². The van der Waals surface area contributed by atoms with Crippen molar-refractivity contribution in [3.8, 4) is 28.7 Å². The number of hydrazone groups is 1. The molecule has 2 aromatic rings. The van der Waals surface area contributed by atoms with Crippen LogP contribution in [0.2, 0.25) is 0 Å². The summed E-state index contributed by atoms with van der Waals surface area (Å²) in [7, 11) is 4.59. The summed E-state index contributed by atoms with van der Waals surface area (Å²) < 4.78 is 27.3. The molecule has 2 heterocycles. The van der Waals surface area contributed by atoms with Crippen molar-refractivity contribution in [2.75, 3.05) is 39.9 Å². The number of benzene rings is 2. The highest BCUT2D eigenvalue weighted by Crippen LogP contribution is 2.39. The fraction of sp³-hybridized carbons (Fsp3) is 0.238. The maximum atomic E-state index is 12.4. The molecule has 2 N–H and O–H groups in total. The lowest BCUT2D eigenvalue weighted by Crippen LogP contribution is -2.16. The molecule has 30 heavy (non-hydrogen) atoms. The van der Waals surface area contributed by atoms with Crippen molar-refractivity contribution in [3.63, 3.8) is 0 Å². The number of hydrogen-bond acceptors (Lipinski definition) is 8. The third-order valence-corrected chi connectivity index (χ3v) is 4.63. The van der Waals surface area contributed by atoms with Crippen molar-refractivity contribution in [1.29, 1.82) is 0 Å². The van der Waals surface area contributed by atoms with E-state index in [2.05, 4.69) is 15.8 Å². The van der Waals surface area contributed by atoms with Crippen molar-refractivity contribution in [3.05, 3.63) is 47.7 Å². The first-order chi connectivity index (χ1) is 14.6. The minimum Gasteiger partial charge on any atom is -0.493 e. The van der Waals surface area contributed by atoms with Gasteiger partial charge in [-0.3, -0.25) is 4.79 Å². The normalized spacial score (nSPS) is 16.0. The molecule has 1 amide bonds. The summed E-state index contributed by atoms with van der Waals surface area (Å²) in [4.78, 5) is 12.4. The summed E-state index contributed by atoms with van der Waals surface area (Å²) in [5.74, 6) is 2.41. The van der Waals surface area contributed by atoms with Crippen LogP contribution in [0.4, 0.5) is 5.69 Å². The molecule has 156 valence electrons. The van der Waals surface area contributed by atoms with Gasteiger partial charge in [-0.15, -0.1) is 0 Å². The Hall–Kier alpha value is -3.88. The molecule has 9 heteroatoms. The molecule has 0 bridgehead atoms. The van der Waals surface area contributed by atoms with E-state index in [1.54, 1.807) is 18.3 Å². The fourth-order valence-electron chi connectivity index (χ4n) is 3.20. The van der Waals surface area contributed by atoms with Gasteiger partial charge in [0.2, 0.25) is 5.75 Å². The summed E-state index contributed by atoms with van der Waals surface area (Å²) in [5, 5.41) is 7.29. The quantitative estimate of drug-likeness (QED) is 0.704. The van der Waals surface area contributed by atoms with E-state index in [4.69, 9.17) is 23.7 Å². The Labute approximate surface area is 173 Å². The number of hydrogen-bond donors (Lipinski definition) is 2. The SMILES string of the molecule is COc1cc(C2=NNC(=O)C2=CNc2ccc3c(c2)OCCO3)cc(OC)c1OC. The third kappa shape index (κ3) is 3.57. The minimum absolute atomic E-state index is 0.330. The summed E-state index contributed by atoms with van der Waals surface area (Å²) >= 11 is 0. The first-order valence-electron chi connectivity index (χ1n) is 9.19. The number of nitrogens with zero attached hydrogens (tertiary/aromatic N) is 1. The number of nitrogens with one attached hydrogen (secondary N) is 2. The maximum absolute atomic E-state index is 12.4. The molecule has 0 aromatic heterocycles. The number of carbonyl (C=O) groups excluding carboxylic acids is 1. The fourth-order valence-corrected chi connectivity index (χ4v) is 3.20. The molecule has 0 saturated heterocycles. The van der Waals surface area contributed by atoms with Crippen LogP contribution in [0, 0.1) is 0 Å². The molecule has 0 radical (unpaired) electrons. The van der Waals surface area contributed by atoms with Crippen LogP contribution in [0.15, 0.2) is 47.2 Å². The largest absolute Gasteiger partial charge is 0.493 e. The van der Waals surface area contributed by atoms with Crippen molar-refractivity contribution in [2.24, 2.45) is 5.10 Å². The van der Waals surface area contributed by atoms with Gasteiger partial charge in [0.15, 0.2) is 23.0 Å². The van der Waals surface area contributed by atoms with Gasteiger partial charge in [-0.1, -0.05) is 0 Å². The van der Waals surface area contributed by atoms with Crippen LogP contribution in [-0.4, -0.2) is 46.2 Å². The van der Waals surface area contributed by atoms with Crippen LogP contribution in [-0.2, 0) is 4.79 Å². The molecule has 0 aliphatic carbocycles. The molecular formula is C21H21N3O6. The van der Waals surface area contributed by atoms with Crippen LogP contribution >= 0.6 is 0 Å². The highest BCUT2D eigenvalue weighted by Gasteiger charge is 2.26. The van der Waals surface area contributed by atoms with E-state index in [0.717, 1.165) is 5.69 Å². The lowest BCUT2D eigenvalue weighted by Gasteiger charge is -2.18. The molecular weight excluding hydrogens is 390 g/mol. The van der Waals surface area contributed by atoms with Gasteiger partial charge < -0.3 is 29.0 Å². The summed E-state index contributed by atoms with van der Waals surface area (Å²) in [6.45, 7) is 1.02. The monoisotopic (exact) mass is 411 g/mol. The van der Waals surface area contributed by atoms with Gasteiger partial charge >= 0.3 is 0 Å². The molecule has 2 aromatic carbocycles. The van der Waals surface area contributed by atoms with E-state index < -0.39 is 0 Å². The second-order valence-corrected chi connectivity index (χ2v) is 6.38. The number of methoxy groups -OCH3 is 3. The number of anilines is 1. The lowest BCUT2D eigenvalue weighted by molar-refractivity contribution is -0.116. The Bertz CT molecular complexity index is 1020. The highest BCUT2D eigenvalue weighted by atomic mass is 16.6. The highest BCUT2D eigenvalue weighted by molar-refractivity contribution is 6.31. The molecule has 4 rings (SSSR count). The van der Waals surface area contributed by atoms with E-state index in [0.29, 0.717) is 58.8 Å². The van der Waals surface area contributed by atoms with Gasteiger partial charge in [0, 0.05) is 23.5 Å². The summed E-state index contributed by atoms with van der Waals surface area (Å²) in [6.07, 6.45) is 1.59. The van der Waals surface area contributed by atoms with Crippen LogP contribution in [0.3, 0.4) is 0 Å². The second-order valence-electron chi connectivity index (χ2n) is 6.38. The minimum atomic E-state index is -0.330. The average molecular weight is 411 g/mol. The number of fused-ring (bicyclic) bond motifs is 1. The zero-order valence-corrected chi connectivity index (χ0v) is 16.8. The Kier molecular flexibility index (Phi) is 5.34. The molecule has 0 atom stereocenters. The smallest absolute Gasteiger partial charge is 0.275 e. The zero-order chi connectivity index (χ0) is 21.1. The molecule has 0 spiro atoms. The standard InChI is InChI=1S/C21H21N3O6/c1-26-17-8-12(9-18(27-2)20(17)28-3)19-14(21(25)24-23-19)11-22-13-4-5-15-16(10-13)30-7-6-29-15/h4-5,8-11,22H,6-7H2,1-3H3,(H,24,25). The van der Waals surface area contributed by atoms with Gasteiger partial charge in [-0.2, -0.15) is 5.10 Å².